The Bertz CT molecular complexity index is 1840. The van der Waals surface area contributed by atoms with Gasteiger partial charge in [-0.1, -0.05) is 23.2 Å². The van der Waals surface area contributed by atoms with Gasteiger partial charge in [0, 0.05) is 63.0 Å². The van der Waals surface area contributed by atoms with Gasteiger partial charge in [-0.2, -0.15) is 37.0 Å². The van der Waals surface area contributed by atoms with E-state index in [1.165, 1.54) is 24.5 Å². The second kappa shape index (κ2) is 14.7. The number of hydrogen-bond donors (Lipinski definition) is 1. The van der Waals surface area contributed by atoms with Gasteiger partial charge in [-0.15, -0.1) is 0 Å². The second-order valence-corrected chi connectivity index (χ2v) is 13.9. The summed E-state index contributed by atoms with van der Waals surface area (Å²) in [6.07, 6.45) is -3.57. The lowest BCUT2D eigenvalue weighted by molar-refractivity contribution is -0.139. The first-order valence-corrected chi connectivity index (χ1v) is 17.1. The maximum Gasteiger partial charge on any atom is 0.418 e. The van der Waals surface area contributed by atoms with Crippen LogP contribution < -0.4 is 15.4 Å². The van der Waals surface area contributed by atoms with Crippen molar-refractivity contribution in [3.8, 4) is 6.01 Å². The van der Waals surface area contributed by atoms with Crippen LogP contribution in [0.1, 0.15) is 70.4 Å². The summed E-state index contributed by atoms with van der Waals surface area (Å²) >= 11 is 12.6. The van der Waals surface area contributed by atoms with Crippen molar-refractivity contribution in [3.63, 3.8) is 0 Å². The van der Waals surface area contributed by atoms with E-state index in [0.717, 1.165) is 19.0 Å². The number of halogens is 7. The van der Waals surface area contributed by atoms with Crippen LogP contribution in [0.3, 0.4) is 0 Å². The number of benzene rings is 1. The van der Waals surface area contributed by atoms with Crippen LogP contribution in [0.2, 0.25) is 10.0 Å². The Morgan fingerprint density at radius 2 is 1.84 bits per heavy atom. The van der Waals surface area contributed by atoms with Crippen LogP contribution in [0, 0.1) is 0 Å². The molecular formula is C33H37Cl2F5N8O3. The first kappa shape index (κ1) is 37.0. The number of anilines is 2. The fourth-order valence-corrected chi connectivity index (χ4v) is 7.68. The van der Waals surface area contributed by atoms with Crippen LogP contribution in [-0.2, 0) is 37.0 Å². The van der Waals surface area contributed by atoms with Crippen LogP contribution in [0.4, 0.5) is 33.5 Å². The second-order valence-electron chi connectivity index (χ2n) is 13.1. The van der Waals surface area contributed by atoms with Gasteiger partial charge in [-0.25, -0.2) is 0 Å². The van der Waals surface area contributed by atoms with Gasteiger partial charge in [-0.3, -0.25) is 14.4 Å². The van der Waals surface area contributed by atoms with E-state index in [4.69, 9.17) is 38.4 Å². The number of carbonyl (C=O) groups is 1. The van der Waals surface area contributed by atoms with Gasteiger partial charge < -0.3 is 25.0 Å². The molecule has 4 aliphatic rings. The Balaban J connectivity index is 0.000000344. The Morgan fingerprint density at radius 1 is 1.08 bits per heavy atom. The van der Waals surface area contributed by atoms with Crippen molar-refractivity contribution in [3.05, 3.63) is 67.6 Å². The minimum Gasteiger partial charge on any atom is -0.467 e. The number of nitrogen functional groups attached to an aromatic ring is 1. The van der Waals surface area contributed by atoms with Gasteiger partial charge in [0.15, 0.2) is 5.69 Å². The van der Waals surface area contributed by atoms with Gasteiger partial charge >= 0.3 is 12.2 Å². The van der Waals surface area contributed by atoms with Gasteiger partial charge in [0.1, 0.15) is 5.82 Å². The molecule has 2 fully saturated rings. The molecule has 0 bridgehead atoms. The highest BCUT2D eigenvalue weighted by atomic mass is 35.5. The molecule has 4 aliphatic heterocycles. The summed E-state index contributed by atoms with van der Waals surface area (Å²) in [7, 11) is 4.66. The molecule has 2 atom stereocenters. The lowest BCUT2D eigenvalue weighted by Crippen LogP contribution is -2.29. The number of hydrogen-bond acceptors (Lipinski definition) is 9. The quantitative estimate of drug-likeness (QED) is 0.235. The minimum atomic E-state index is -4.71. The topological polar surface area (TPSA) is 115 Å². The highest BCUT2D eigenvalue weighted by Crippen LogP contribution is 2.45. The molecule has 11 nitrogen and oxygen atoms in total. The molecule has 276 valence electrons. The predicted octanol–water partition coefficient (Wildman–Crippen LogP) is 6.52. The highest BCUT2D eigenvalue weighted by Gasteiger charge is 2.40. The van der Waals surface area contributed by atoms with Crippen LogP contribution in [0.15, 0.2) is 23.8 Å². The number of aromatic nitrogens is 4. The van der Waals surface area contributed by atoms with Crippen molar-refractivity contribution >= 4 is 40.6 Å². The van der Waals surface area contributed by atoms with Crippen LogP contribution in [0.5, 0.6) is 6.01 Å². The Labute approximate surface area is 301 Å². The fraction of sp³-hybridized carbons (Fsp3) is 0.515. The Hall–Kier alpha value is -3.73. The predicted molar refractivity (Wildman–Crippen MR) is 180 cm³/mol. The molecule has 2 aromatic heterocycles. The first-order valence-electron chi connectivity index (χ1n) is 16.4. The molecular weight excluding hydrogens is 722 g/mol. The third kappa shape index (κ3) is 7.59. The van der Waals surface area contributed by atoms with Crippen LogP contribution in [-0.4, -0.2) is 82.3 Å². The van der Waals surface area contributed by atoms with E-state index in [2.05, 4.69) is 20.0 Å². The number of rotatable bonds is 4. The molecule has 0 aliphatic carbocycles. The average molecular weight is 760 g/mol. The highest BCUT2D eigenvalue weighted by molar-refractivity contribution is 6.34. The SMILES string of the molecule is COc1nc2c(c(N3CCCn4nc(C(=O)N(C)C)c(Cl)c4C3)n1)COC(c1cc(N)cc(Cl)c1C(F)(F)F)C2.FC(F)=C1CC2CCCN2C1. The van der Waals surface area contributed by atoms with Crippen molar-refractivity contribution in [1.82, 2.24) is 29.5 Å². The summed E-state index contributed by atoms with van der Waals surface area (Å²) in [6, 6.07) is 2.80. The number of ether oxygens (including phenoxy) is 2. The normalized spacial score (nSPS) is 20.2. The molecule has 1 amide bonds. The molecule has 51 heavy (non-hydrogen) atoms. The van der Waals surface area contributed by atoms with Crippen molar-refractivity contribution in [2.45, 2.75) is 70.1 Å². The Kier molecular flexibility index (Phi) is 10.7. The zero-order valence-electron chi connectivity index (χ0n) is 28.2. The van der Waals surface area contributed by atoms with E-state index < -0.39 is 28.9 Å². The molecule has 2 unspecified atom stereocenters. The van der Waals surface area contributed by atoms with E-state index in [-0.39, 0.29) is 53.5 Å². The van der Waals surface area contributed by atoms with Crippen molar-refractivity contribution in [2.75, 3.05) is 51.5 Å². The van der Waals surface area contributed by atoms with Crippen molar-refractivity contribution in [2.24, 2.45) is 0 Å². The lowest BCUT2D eigenvalue weighted by Gasteiger charge is -2.31. The number of alkyl halides is 3. The molecule has 7 rings (SSSR count). The van der Waals surface area contributed by atoms with E-state index in [0.29, 0.717) is 66.9 Å². The maximum atomic E-state index is 13.9. The molecule has 18 heteroatoms. The summed E-state index contributed by atoms with van der Waals surface area (Å²) in [5, 5.41) is 4.20. The smallest absolute Gasteiger partial charge is 0.418 e. The van der Waals surface area contributed by atoms with Crippen molar-refractivity contribution < 1.29 is 36.2 Å². The van der Waals surface area contributed by atoms with E-state index in [1.807, 2.05) is 4.90 Å². The standard InChI is InChI=1S/C25H26Cl2F3N7O3.C8H11F2N/c1-35(2)23(38)21-20(27)17-10-36(5-4-6-37(17)34-21)22-14-11-40-18(9-16(14)32-24(33-22)39-3)13-7-12(31)8-15(26)19(13)25(28,29)30;9-8(10)6-4-7-2-1-3-11(7)5-6/h7-8,18H,4-6,9-11,31H2,1-3H3;7H,1-5H2. The zero-order chi connectivity index (χ0) is 36.8. The van der Waals surface area contributed by atoms with Gasteiger partial charge in [-0.05, 0) is 49.9 Å². The first-order chi connectivity index (χ1) is 24.2. The van der Waals surface area contributed by atoms with Gasteiger partial charge in [0.25, 0.3) is 12.0 Å². The number of aryl methyl sites for hydroxylation is 1. The number of amides is 1. The number of carbonyl (C=O) groups excluding carboxylic acids is 1. The summed E-state index contributed by atoms with van der Waals surface area (Å²) in [4.78, 5) is 27.1. The average Bonchev–Trinajstić information content (AvgIpc) is 3.72. The fourth-order valence-electron chi connectivity index (χ4n) is 7.06. The van der Waals surface area contributed by atoms with Gasteiger partial charge in [0.05, 0.1) is 53.4 Å². The summed E-state index contributed by atoms with van der Waals surface area (Å²) in [6.45, 7) is 2.86. The third-order valence-corrected chi connectivity index (χ3v) is 10.2. The third-order valence-electron chi connectivity index (χ3n) is 9.50. The summed E-state index contributed by atoms with van der Waals surface area (Å²) in [5.41, 5.74) is 7.07. The van der Waals surface area contributed by atoms with Gasteiger partial charge in [0.2, 0.25) is 0 Å². The molecule has 6 heterocycles. The van der Waals surface area contributed by atoms with Crippen molar-refractivity contribution in [1.29, 1.82) is 0 Å². The maximum absolute atomic E-state index is 13.9. The number of methoxy groups -OCH3 is 1. The molecule has 3 aromatic rings. The number of nitrogens with two attached hydrogens (primary N) is 1. The van der Waals surface area contributed by atoms with E-state index in [1.54, 1.807) is 18.8 Å². The Morgan fingerprint density at radius 3 is 2.51 bits per heavy atom. The lowest BCUT2D eigenvalue weighted by atomic mass is 9.94. The number of fused-ring (bicyclic) bond motifs is 3. The largest absolute Gasteiger partial charge is 0.467 e. The molecule has 0 spiro atoms. The van der Waals surface area contributed by atoms with E-state index in [9.17, 15) is 26.7 Å². The monoisotopic (exact) mass is 758 g/mol. The summed E-state index contributed by atoms with van der Waals surface area (Å²) < 4.78 is 79.0. The summed E-state index contributed by atoms with van der Waals surface area (Å²) in [5.74, 6) is 0.200. The zero-order valence-corrected chi connectivity index (χ0v) is 29.7. The van der Waals surface area contributed by atoms with Crippen LogP contribution >= 0.6 is 23.2 Å². The number of nitrogens with zero attached hydrogens (tertiary/aromatic N) is 7. The molecule has 2 saturated heterocycles. The molecule has 1 aromatic carbocycles. The molecule has 2 N–H and O–H groups in total. The minimum absolute atomic E-state index is 0.0120. The van der Waals surface area contributed by atoms with E-state index >= 15 is 0 Å². The molecule has 0 radical (unpaired) electrons. The molecule has 0 saturated carbocycles. The van der Waals surface area contributed by atoms with Crippen LogP contribution in [0.25, 0.3) is 0 Å².